The van der Waals surface area contributed by atoms with Crippen LogP contribution in [0.2, 0.25) is 0 Å². The molecule has 4 heteroatoms. The molecule has 1 N–H and O–H groups in total. The summed E-state index contributed by atoms with van der Waals surface area (Å²) in [7, 11) is 0. The first-order chi connectivity index (χ1) is 7.58. The molecule has 0 fully saturated rings. The van der Waals surface area contributed by atoms with Crippen molar-refractivity contribution in [1.29, 1.82) is 0 Å². The highest BCUT2D eigenvalue weighted by Crippen LogP contribution is 2.23. The predicted octanol–water partition coefficient (Wildman–Crippen LogP) is 2.64. The highest BCUT2D eigenvalue weighted by Gasteiger charge is 2.12. The van der Waals surface area contributed by atoms with E-state index < -0.39 is 0 Å². The summed E-state index contributed by atoms with van der Waals surface area (Å²) in [5.74, 6) is -0.0597. The summed E-state index contributed by atoms with van der Waals surface area (Å²) >= 11 is 0. The minimum absolute atomic E-state index is 0.00668. The van der Waals surface area contributed by atoms with Crippen molar-refractivity contribution < 1.29 is 10.0 Å². The molecule has 0 aliphatic carbocycles. The van der Waals surface area contributed by atoms with E-state index in [0.29, 0.717) is 0 Å². The van der Waals surface area contributed by atoms with Crippen LogP contribution in [0.4, 0.5) is 5.69 Å². The van der Waals surface area contributed by atoms with Crippen LogP contribution in [0.25, 0.3) is 0 Å². The molecule has 0 heterocycles. The number of aliphatic hydroxyl groups excluding tert-OH is 1. The second-order valence-corrected chi connectivity index (χ2v) is 4.02. The van der Waals surface area contributed by atoms with E-state index in [-0.39, 0.29) is 23.1 Å². The third-order valence-corrected chi connectivity index (χ3v) is 2.59. The quantitative estimate of drug-likeness (QED) is 0.616. The lowest BCUT2D eigenvalue weighted by molar-refractivity contribution is -0.385. The highest BCUT2D eigenvalue weighted by atomic mass is 16.6. The maximum absolute atomic E-state index is 10.8. The molecule has 0 saturated heterocycles. The maximum Gasteiger partial charge on any atom is 0.269 e. The van der Waals surface area contributed by atoms with Crippen LogP contribution in [0.15, 0.2) is 18.2 Å². The van der Waals surface area contributed by atoms with Gasteiger partial charge >= 0.3 is 0 Å². The monoisotopic (exact) mass is 223 g/mol. The number of benzene rings is 1. The van der Waals surface area contributed by atoms with Gasteiger partial charge in [-0.25, -0.2) is 0 Å². The molecule has 0 spiro atoms. The lowest BCUT2D eigenvalue weighted by Gasteiger charge is -2.10. The van der Waals surface area contributed by atoms with Crippen LogP contribution in [0, 0.1) is 10.1 Å². The number of hydrogen-bond donors (Lipinski definition) is 1. The number of aryl methyl sites for hydroxylation is 1. The first-order valence-corrected chi connectivity index (χ1v) is 5.47. The van der Waals surface area contributed by atoms with E-state index in [4.69, 9.17) is 5.11 Å². The molecule has 4 nitrogen and oxygen atoms in total. The van der Waals surface area contributed by atoms with Crippen molar-refractivity contribution >= 4 is 5.69 Å². The van der Waals surface area contributed by atoms with Gasteiger partial charge in [-0.1, -0.05) is 26.3 Å². The highest BCUT2D eigenvalue weighted by molar-refractivity contribution is 5.40. The SMILES string of the molecule is CCCc1cc(C(C)CO)cc([N+](=O)[O-])c1. The number of nitro groups is 1. The van der Waals surface area contributed by atoms with Gasteiger partial charge in [-0.3, -0.25) is 10.1 Å². The Balaban J connectivity index is 3.13. The van der Waals surface area contributed by atoms with Gasteiger partial charge in [0, 0.05) is 24.7 Å². The van der Waals surface area contributed by atoms with Crippen LogP contribution in [0.3, 0.4) is 0 Å². The molecule has 16 heavy (non-hydrogen) atoms. The molecule has 1 rings (SSSR count). The van der Waals surface area contributed by atoms with E-state index in [1.165, 1.54) is 0 Å². The van der Waals surface area contributed by atoms with E-state index in [1.54, 1.807) is 12.1 Å². The van der Waals surface area contributed by atoms with Gasteiger partial charge in [0.15, 0.2) is 0 Å². The number of nitrogens with zero attached hydrogens (tertiary/aromatic N) is 1. The van der Waals surface area contributed by atoms with Crippen LogP contribution < -0.4 is 0 Å². The van der Waals surface area contributed by atoms with E-state index >= 15 is 0 Å². The van der Waals surface area contributed by atoms with E-state index in [0.717, 1.165) is 24.0 Å². The molecule has 0 radical (unpaired) electrons. The van der Waals surface area contributed by atoms with Crippen LogP contribution >= 0.6 is 0 Å². The Morgan fingerprint density at radius 1 is 1.44 bits per heavy atom. The largest absolute Gasteiger partial charge is 0.396 e. The summed E-state index contributed by atoms with van der Waals surface area (Å²) in [6.45, 7) is 3.90. The Hall–Kier alpha value is -1.42. The molecule has 0 aliphatic rings. The topological polar surface area (TPSA) is 63.4 Å². The van der Waals surface area contributed by atoms with Gasteiger partial charge in [0.2, 0.25) is 0 Å². The number of rotatable bonds is 5. The summed E-state index contributed by atoms with van der Waals surface area (Å²) in [6, 6.07) is 5.09. The van der Waals surface area contributed by atoms with E-state index in [1.807, 2.05) is 19.9 Å². The molecule has 0 bridgehead atoms. The standard InChI is InChI=1S/C12H17NO3/c1-3-4-10-5-11(9(2)8-14)7-12(6-10)13(15)16/h5-7,9,14H,3-4,8H2,1-2H3. The molecule has 88 valence electrons. The second kappa shape index (κ2) is 5.61. The van der Waals surface area contributed by atoms with Gasteiger partial charge in [0.1, 0.15) is 0 Å². The molecule has 0 amide bonds. The van der Waals surface area contributed by atoms with Gasteiger partial charge < -0.3 is 5.11 Å². The molecule has 0 saturated carbocycles. The van der Waals surface area contributed by atoms with Crippen molar-refractivity contribution in [2.75, 3.05) is 6.61 Å². The van der Waals surface area contributed by atoms with Crippen LogP contribution in [-0.4, -0.2) is 16.6 Å². The Kier molecular flexibility index (Phi) is 4.43. The van der Waals surface area contributed by atoms with E-state index in [9.17, 15) is 10.1 Å². The molecular formula is C12H17NO3. The third-order valence-electron chi connectivity index (χ3n) is 2.59. The zero-order chi connectivity index (χ0) is 12.1. The molecular weight excluding hydrogens is 206 g/mol. The summed E-state index contributed by atoms with van der Waals surface area (Å²) in [4.78, 5) is 10.4. The van der Waals surface area contributed by atoms with Gasteiger partial charge in [0.25, 0.3) is 5.69 Å². The fourth-order valence-electron chi connectivity index (χ4n) is 1.63. The van der Waals surface area contributed by atoms with Crippen molar-refractivity contribution in [3.8, 4) is 0 Å². The summed E-state index contributed by atoms with van der Waals surface area (Å²) < 4.78 is 0. The third kappa shape index (κ3) is 3.03. The number of aliphatic hydroxyl groups is 1. The summed E-state index contributed by atoms with van der Waals surface area (Å²) in [6.07, 6.45) is 1.78. The van der Waals surface area contributed by atoms with Crippen molar-refractivity contribution in [3.05, 3.63) is 39.4 Å². The molecule has 0 aromatic heterocycles. The summed E-state index contributed by atoms with van der Waals surface area (Å²) in [5, 5.41) is 19.8. The molecule has 1 aromatic rings. The Morgan fingerprint density at radius 3 is 2.62 bits per heavy atom. The van der Waals surface area contributed by atoms with Crippen LogP contribution in [0.5, 0.6) is 0 Å². The van der Waals surface area contributed by atoms with Gasteiger partial charge in [-0.2, -0.15) is 0 Å². The van der Waals surface area contributed by atoms with Gasteiger partial charge in [0.05, 0.1) is 4.92 Å². The van der Waals surface area contributed by atoms with Crippen molar-refractivity contribution in [1.82, 2.24) is 0 Å². The van der Waals surface area contributed by atoms with E-state index in [2.05, 4.69) is 0 Å². The van der Waals surface area contributed by atoms with Crippen molar-refractivity contribution in [2.24, 2.45) is 0 Å². The van der Waals surface area contributed by atoms with Gasteiger partial charge in [-0.15, -0.1) is 0 Å². The molecule has 0 aliphatic heterocycles. The Morgan fingerprint density at radius 2 is 2.12 bits per heavy atom. The fourth-order valence-corrected chi connectivity index (χ4v) is 1.63. The lowest BCUT2D eigenvalue weighted by atomic mass is 9.97. The van der Waals surface area contributed by atoms with Crippen LogP contribution in [0.1, 0.15) is 37.3 Å². The number of hydrogen-bond acceptors (Lipinski definition) is 3. The Bertz CT molecular complexity index is 377. The minimum Gasteiger partial charge on any atom is -0.396 e. The van der Waals surface area contributed by atoms with Gasteiger partial charge in [-0.05, 0) is 17.5 Å². The zero-order valence-corrected chi connectivity index (χ0v) is 9.64. The first kappa shape index (κ1) is 12.6. The molecule has 1 aromatic carbocycles. The zero-order valence-electron chi connectivity index (χ0n) is 9.64. The van der Waals surface area contributed by atoms with Crippen molar-refractivity contribution in [3.63, 3.8) is 0 Å². The first-order valence-electron chi connectivity index (χ1n) is 5.47. The normalized spacial score (nSPS) is 12.4. The minimum atomic E-state index is -0.382. The fraction of sp³-hybridized carbons (Fsp3) is 0.500. The second-order valence-electron chi connectivity index (χ2n) is 4.02. The number of nitro benzene ring substituents is 1. The summed E-state index contributed by atoms with van der Waals surface area (Å²) in [5.41, 5.74) is 1.91. The predicted molar refractivity (Wildman–Crippen MR) is 62.6 cm³/mol. The lowest BCUT2D eigenvalue weighted by Crippen LogP contribution is -2.01. The smallest absolute Gasteiger partial charge is 0.269 e. The average Bonchev–Trinajstić information content (AvgIpc) is 2.28. The maximum atomic E-state index is 10.8. The average molecular weight is 223 g/mol. The van der Waals surface area contributed by atoms with Crippen LogP contribution in [-0.2, 0) is 6.42 Å². The molecule has 1 atom stereocenters. The number of non-ortho nitro benzene ring substituents is 1. The molecule has 1 unspecified atom stereocenters. The Labute approximate surface area is 95.1 Å². The van der Waals surface area contributed by atoms with Crippen molar-refractivity contribution in [2.45, 2.75) is 32.6 Å².